The van der Waals surface area contributed by atoms with Crippen molar-refractivity contribution >= 4 is 17.7 Å². The van der Waals surface area contributed by atoms with Crippen LogP contribution in [0.4, 0.5) is 0 Å². The van der Waals surface area contributed by atoms with Crippen LogP contribution in [-0.2, 0) is 4.79 Å². The van der Waals surface area contributed by atoms with Crippen LogP contribution in [0.3, 0.4) is 0 Å². The Labute approximate surface area is 112 Å². The van der Waals surface area contributed by atoms with Crippen molar-refractivity contribution in [2.45, 2.75) is 11.1 Å². The fourth-order valence-electron chi connectivity index (χ4n) is 1.91. The highest BCUT2D eigenvalue weighted by molar-refractivity contribution is 7.99. The highest BCUT2D eigenvalue weighted by Gasteiger charge is 2.29. The minimum Gasteiger partial charge on any atom is -0.492 e. The predicted octanol–water partition coefficient (Wildman–Crippen LogP) is 1.77. The van der Waals surface area contributed by atoms with Gasteiger partial charge in [0.1, 0.15) is 24.0 Å². The molecule has 2 heterocycles. The number of thioether (sulfide) groups is 1. The SMILES string of the molecule is O=C(O)CSc1nnc(C2COc3ccccc32)o1. The van der Waals surface area contributed by atoms with E-state index >= 15 is 0 Å². The molecule has 0 amide bonds. The van der Waals surface area contributed by atoms with E-state index in [9.17, 15) is 4.79 Å². The smallest absolute Gasteiger partial charge is 0.314 e. The van der Waals surface area contributed by atoms with Crippen LogP contribution < -0.4 is 4.74 Å². The summed E-state index contributed by atoms with van der Waals surface area (Å²) in [5.41, 5.74) is 1.01. The first-order valence-corrected chi connectivity index (χ1v) is 6.62. The van der Waals surface area contributed by atoms with Crippen molar-refractivity contribution in [1.82, 2.24) is 10.2 Å². The van der Waals surface area contributed by atoms with Crippen molar-refractivity contribution < 1.29 is 19.1 Å². The lowest BCUT2D eigenvalue weighted by Gasteiger charge is -2.01. The van der Waals surface area contributed by atoms with E-state index in [2.05, 4.69) is 10.2 Å². The highest BCUT2D eigenvalue weighted by atomic mass is 32.2. The topological polar surface area (TPSA) is 85.5 Å². The molecule has 0 saturated carbocycles. The first kappa shape index (κ1) is 12.0. The molecule has 1 N–H and O–H groups in total. The van der Waals surface area contributed by atoms with Crippen LogP contribution in [0.25, 0.3) is 0 Å². The first-order chi connectivity index (χ1) is 9.24. The molecule has 0 fully saturated rings. The third kappa shape index (κ3) is 2.41. The summed E-state index contributed by atoms with van der Waals surface area (Å²) in [5, 5.41) is 16.7. The molecule has 1 aliphatic heterocycles. The Morgan fingerprint density at radius 2 is 2.26 bits per heavy atom. The van der Waals surface area contributed by atoms with Crippen molar-refractivity contribution in [2.24, 2.45) is 0 Å². The molecule has 1 aliphatic rings. The summed E-state index contributed by atoms with van der Waals surface area (Å²) in [6.45, 7) is 0.463. The molecule has 1 unspecified atom stereocenters. The van der Waals surface area contributed by atoms with Gasteiger partial charge in [0.15, 0.2) is 0 Å². The van der Waals surface area contributed by atoms with Gasteiger partial charge in [0, 0.05) is 5.56 Å². The predicted molar refractivity (Wildman–Crippen MR) is 66.4 cm³/mol. The van der Waals surface area contributed by atoms with Gasteiger partial charge in [-0.2, -0.15) is 0 Å². The number of nitrogens with zero attached hydrogens (tertiary/aromatic N) is 2. The number of ether oxygens (including phenoxy) is 1. The Balaban J connectivity index is 1.79. The molecule has 3 rings (SSSR count). The number of hydrogen-bond acceptors (Lipinski definition) is 6. The van der Waals surface area contributed by atoms with E-state index in [1.807, 2.05) is 24.3 Å². The molecule has 6 nitrogen and oxygen atoms in total. The van der Waals surface area contributed by atoms with Crippen LogP contribution in [0.15, 0.2) is 33.9 Å². The van der Waals surface area contributed by atoms with E-state index in [4.69, 9.17) is 14.3 Å². The zero-order valence-corrected chi connectivity index (χ0v) is 10.6. The van der Waals surface area contributed by atoms with Crippen molar-refractivity contribution in [3.05, 3.63) is 35.7 Å². The molecular formula is C12H10N2O4S. The number of carbonyl (C=O) groups is 1. The second-order valence-electron chi connectivity index (χ2n) is 3.99. The van der Waals surface area contributed by atoms with E-state index < -0.39 is 5.97 Å². The fraction of sp³-hybridized carbons (Fsp3) is 0.250. The minimum atomic E-state index is -0.917. The number of aliphatic carboxylic acids is 1. The Morgan fingerprint density at radius 1 is 1.42 bits per heavy atom. The number of hydrogen-bond donors (Lipinski definition) is 1. The van der Waals surface area contributed by atoms with Gasteiger partial charge in [-0.15, -0.1) is 10.2 Å². The maximum absolute atomic E-state index is 10.5. The lowest BCUT2D eigenvalue weighted by Crippen LogP contribution is -2.02. The summed E-state index contributed by atoms with van der Waals surface area (Å²) in [5.74, 6) is 0.185. The lowest BCUT2D eigenvalue weighted by molar-refractivity contribution is -0.133. The van der Waals surface area contributed by atoms with Crippen LogP contribution in [0, 0.1) is 0 Å². The molecule has 0 spiro atoms. The molecule has 1 aromatic carbocycles. The highest BCUT2D eigenvalue weighted by Crippen LogP contribution is 2.37. The lowest BCUT2D eigenvalue weighted by atomic mass is 10.0. The van der Waals surface area contributed by atoms with Crippen molar-refractivity contribution in [3.63, 3.8) is 0 Å². The molecule has 0 saturated heterocycles. The summed E-state index contributed by atoms with van der Waals surface area (Å²) in [4.78, 5) is 10.5. The molecule has 1 aromatic heterocycles. The number of fused-ring (bicyclic) bond motifs is 1. The fourth-order valence-corrected chi connectivity index (χ4v) is 2.40. The normalized spacial score (nSPS) is 16.9. The standard InChI is InChI=1S/C12H10N2O4S/c15-10(16)6-19-12-14-13-11(18-12)8-5-17-9-4-2-1-3-7(8)9/h1-4,8H,5-6H2,(H,15,16). The van der Waals surface area contributed by atoms with E-state index in [1.54, 1.807) is 0 Å². The molecule has 0 radical (unpaired) electrons. The van der Waals surface area contributed by atoms with Gasteiger partial charge in [-0.05, 0) is 6.07 Å². The molecule has 2 aromatic rings. The van der Waals surface area contributed by atoms with Crippen molar-refractivity contribution in [3.8, 4) is 5.75 Å². The van der Waals surface area contributed by atoms with Crippen LogP contribution in [0.5, 0.6) is 5.75 Å². The summed E-state index contributed by atoms with van der Waals surface area (Å²) < 4.78 is 11.0. The summed E-state index contributed by atoms with van der Waals surface area (Å²) in [6, 6.07) is 7.69. The Bertz CT molecular complexity index is 613. The van der Waals surface area contributed by atoms with E-state index in [0.29, 0.717) is 12.5 Å². The number of rotatable bonds is 4. The molecule has 0 bridgehead atoms. The third-order valence-corrected chi connectivity index (χ3v) is 3.54. The van der Waals surface area contributed by atoms with Gasteiger partial charge < -0.3 is 14.3 Å². The Kier molecular flexibility index (Phi) is 3.12. The van der Waals surface area contributed by atoms with Crippen LogP contribution in [-0.4, -0.2) is 33.6 Å². The first-order valence-electron chi connectivity index (χ1n) is 5.64. The van der Waals surface area contributed by atoms with Crippen molar-refractivity contribution in [2.75, 3.05) is 12.4 Å². The van der Waals surface area contributed by atoms with Gasteiger partial charge >= 0.3 is 5.97 Å². The van der Waals surface area contributed by atoms with Crippen molar-refractivity contribution in [1.29, 1.82) is 0 Å². The number of carboxylic acid groups (broad SMARTS) is 1. The second kappa shape index (κ2) is 4.93. The molecule has 98 valence electrons. The van der Waals surface area contributed by atoms with Gasteiger partial charge in [-0.1, -0.05) is 30.0 Å². The average molecular weight is 278 g/mol. The Hall–Kier alpha value is -2.02. The maximum Gasteiger partial charge on any atom is 0.314 e. The zero-order chi connectivity index (χ0) is 13.2. The van der Waals surface area contributed by atoms with Gasteiger partial charge in [0.2, 0.25) is 5.89 Å². The molecule has 7 heteroatoms. The number of carboxylic acids is 1. The van der Waals surface area contributed by atoms with Gasteiger partial charge in [-0.3, -0.25) is 4.79 Å². The Morgan fingerprint density at radius 3 is 3.11 bits per heavy atom. The summed E-state index contributed by atoms with van der Waals surface area (Å²) in [7, 11) is 0. The van der Waals surface area contributed by atoms with Crippen LogP contribution in [0.2, 0.25) is 0 Å². The number of benzene rings is 1. The largest absolute Gasteiger partial charge is 0.492 e. The van der Waals surface area contributed by atoms with E-state index in [-0.39, 0.29) is 16.9 Å². The number of aromatic nitrogens is 2. The van der Waals surface area contributed by atoms with Crippen LogP contribution in [0.1, 0.15) is 17.4 Å². The summed E-state index contributed by atoms with van der Waals surface area (Å²) >= 11 is 1.01. The van der Waals surface area contributed by atoms with Crippen LogP contribution >= 0.6 is 11.8 Å². The third-order valence-electron chi connectivity index (χ3n) is 2.74. The average Bonchev–Trinajstić information content (AvgIpc) is 3.02. The molecule has 19 heavy (non-hydrogen) atoms. The maximum atomic E-state index is 10.5. The monoisotopic (exact) mass is 278 g/mol. The second-order valence-corrected chi connectivity index (χ2v) is 4.92. The zero-order valence-electron chi connectivity index (χ0n) is 9.78. The van der Waals surface area contributed by atoms with E-state index in [0.717, 1.165) is 23.1 Å². The van der Waals surface area contributed by atoms with Gasteiger partial charge in [0.25, 0.3) is 5.22 Å². The van der Waals surface area contributed by atoms with Gasteiger partial charge in [-0.25, -0.2) is 0 Å². The minimum absolute atomic E-state index is 0.0807. The summed E-state index contributed by atoms with van der Waals surface area (Å²) in [6.07, 6.45) is 0. The van der Waals surface area contributed by atoms with E-state index in [1.165, 1.54) is 0 Å². The van der Waals surface area contributed by atoms with Gasteiger partial charge in [0.05, 0.1) is 0 Å². The molecule has 0 aliphatic carbocycles. The molecule has 1 atom stereocenters. The molecular weight excluding hydrogens is 268 g/mol. The quantitative estimate of drug-likeness (QED) is 0.853. The number of para-hydroxylation sites is 1.